The molecular formula is C13H11NO7S. The van der Waals surface area contributed by atoms with E-state index in [-0.39, 0.29) is 22.8 Å². The molecule has 3 N–H and O–H groups in total. The summed E-state index contributed by atoms with van der Waals surface area (Å²) < 4.78 is 28.7. The van der Waals surface area contributed by atoms with Crippen molar-refractivity contribution in [2.45, 2.75) is 11.5 Å². The van der Waals surface area contributed by atoms with Crippen molar-refractivity contribution in [3.8, 4) is 5.75 Å². The maximum atomic E-state index is 11.1. The maximum Gasteiger partial charge on any atom is 0.266 e. The molecule has 22 heavy (non-hydrogen) atoms. The van der Waals surface area contributed by atoms with Crippen LogP contribution in [0.2, 0.25) is 0 Å². The molecule has 2 heterocycles. The molecule has 3 rings (SSSR count). The molecule has 1 aliphatic rings. The zero-order chi connectivity index (χ0) is 16.3. The predicted molar refractivity (Wildman–Crippen MR) is 73.7 cm³/mol. The van der Waals surface area contributed by atoms with Crippen molar-refractivity contribution >= 4 is 15.9 Å². The van der Waals surface area contributed by atoms with E-state index >= 15 is 0 Å². The van der Waals surface area contributed by atoms with Crippen LogP contribution in [-0.2, 0) is 16.6 Å². The van der Waals surface area contributed by atoms with Gasteiger partial charge in [-0.25, -0.2) is 13.1 Å². The van der Waals surface area contributed by atoms with Gasteiger partial charge in [-0.2, -0.15) is 0 Å². The van der Waals surface area contributed by atoms with E-state index < -0.39 is 27.1 Å². The molecule has 0 bridgehead atoms. The Kier molecular flexibility index (Phi) is 4.29. The molecule has 0 saturated carbocycles. The van der Waals surface area contributed by atoms with Crippen molar-refractivity contribution in [1.82, 2.24) is 4.72 Å². The van der Waals surface area contributed by atoms with Gasteiger partial charge in [0.25, 0.3) is 15.9 Å². The van der Waals surface area contributed by atoms with E-state index in [0.717, 1.165) is 12.3 Å². The molecule has 2 aromatic rings. The number of carbonyl (C=O) groups is 1. The van der Waals surface area contributed by atoms with Gasteiger partial charge in [-0.15, -0.1) is 0 Å². The summed E-state index contributed by atoms with van der Waals surface area (Å²) in [6.07, 6.45) is 0.897. The number of hydrogen-bond acceptors (Lipinski definition) is 7. The number of rotatable bonds is 1. The Balaban J connectivity index is 0.000000164. The van der Waals surface area contributed by atoms with E-state index in [0.29, 0.717) is 0 Å². The summed E-state index contributed by atoms with van der Waals surface area (Å²) in [5.74, 6) is -0.856. The molecule has 1 amide bonds. The number of aliphatic hydroxyl groups excluding tert-OH is 1. The molecular weight excluding hydrogens is 314 g/mol. The van der Waals surface area contributed by atoms with Crippen molar-refractivity contribution in [3.63, 3.8) is 0 Å². The van der Waals surface area contributed by atoms with Gasteiger partial charge in [-0.1, -0.05) is 12.1 Å². The highest BCUT2D eigenvalue weighted by atomic mass is 32.2. The predicted octanol–water partition coefficient (Wildman–Crippen LogP) is -0.0436. The summed E-state index contributed by atoms with van der Waals surface area (Å²) in [5.41, 5.74) is -0.326. The molecule has 0 radical (unpaired) electrons. The molecule has 0 unspecified atom stereocenters. The molecule has 116 valence electrons. The van der Waals surface area contributed by atoms with E-state index in [4.69, 9.17) is 10.2 Å². The lowest BCUT2D eigenvalue weighted by molar-refractivity contribution is 0.0985. The normalized spacial score (nSPS) is 14.5. The first kappa shape index (κ1) is 15.7. The number of benzene rings is 1. The molecule has 8 nitrogen and oxygen atoms in total. The second-order valence-electron chi connectivity index (χ2n) is 4.18. The van der Waals surface area contributed by atoms with Crippen molar-refractivity contribution in [2.24, 2.45) is 0 Å². The number of amides is 1. The van der Waals surface area contributed by atoms with E-state index in [2.05, 4.69) is 4.42 Å². The smallest absolute Gasteiger partial charge is 0.266 e. The Morgan fingerprint density at radius 2 is 1.86 bits per heavy atom. The SMILES string of the molecule is O=C1NS(=O)(=O)c2ccccc21.O=c1cc(CO)occ1O. The fourth-order valence-electron chi connectivity index (χ4n) is 1.65. The second-order valence-corrected chi connectivity index (χ2v) is 5.84. The third kappa shape index (κ3) is 3.15. The molecule has 0 fully saturated rings. The number of aliphatic hydroxyl groups is 1. The number of carbonyl (C=O) groups excluding carboxylic acids is 1. The average molecular weight is 325 g/mol. The van der Waals surface area contributed by atoms with Gasteiger partial charge in [0, 0.05) is 6.07 Å². The van der Waals surface area contributed by atoms with E-state index in [1.807, 2.05) is 4.72 Å². The number of sulfonamides is 1. The summed E-state index contributed by atoms with van der Waals surface area (Å²) in [7, 11) is -3.55. The van der Waals surface area contributed by atoms with Gasteiger partial charge in [-0.05, 0) is 12.1 Å². The first-order valence-corrected chi connectivity index (χ1v) is 7.41. The van der Waals surface area contributed by atoms with E-state index in [1.165, 1.54) is 12.1 Å². The van der Waals surface area contributed by atoms with Crippen LogP contribution in [0.15, 0.2) is 50.7 Å². The first-order chi connectivity index (χ1) is 10.3. The highest BCUT2D eigenvalue weighted by Crippen LogP contribution is 2.20. The Hall–Kier alpha value is -2.65. The summed E-state index contributed by atoms with van der Waals surface area (Å²) in [6.45, 7) is -0.338. The Labute approximate surface area is 124 Å². The summed E-state index contributed by atoms with van der Waals surface area (Å²) >= 11 is 0. The van der Waals surface area contributed by atoms with E-state index in [1.54, 1.807) is 12.1 Å². The Morgan fingerprint density at radius 1 is 1.18 bits per heavy atom. The Morgan fingerprint density at radius 3 is 2.45 bits per heavy atom. The van der Waals surface area contributed by atoms with Crippen LogP contribution in [0.3, 0.4) is 0 Å². The van der Waals surface area contributed by atoms with Crippen LogP contribution in [-0.4, -0.2) is 24.5 Å². The van der Waals surface area contributed by atoms with Gasteiger partial charge in [0.1, 0.15) is 23.5 Å². The quantitative estimate of drug-likeness (QED) is 0.669. The third-order valence-electron chi connectivity index (χ3n) is 2.67. The molecule has 1 aliphatic heterocycles. The first-order valence-electron chi connectivity index (χ1n) is 5.93. The number of fused-ring (bicyclic) bond motifs is 1. The molecule has 0 atom stereocenters. The van der Waals surface area contributed by atoms with E-state index in [9.17, 15) is 18.0 Å². The minimum Gasteiger partial charge on any atom is -0.502 e. The largest absolute Gasteiger partial charge is 0.502 e. The second kappa shape index (κ2) is 6.00. The minimum absolute atomic E-state index is 0.0648. The maximum absolute atomic E-state index is 11.1. The van der Waals surface area contributed by atoms with Crippen LogP contribution in [0.1, 0.15) is 16.1 Å². The van der Waals surface area contributed by atoms with Crippen LogP contribution in [0.5, 0.6) is 5.75 Å². The van der Waals surface area contributed by atoms with Crippen LogP contribution in [0.4, 0.5) is 0 Å². The van der Waals surface area contributed by atoms with Crippen molar-refractivity contribution in [1.29, 1.82) is 0 Å². The van der Waals surface area contributed by atoms with Gasteiger partial charge in [0.2, 0.25) is 5.43 Å². The van der Waals surface area contributed by atoms with Crippen molar-refractivity contribution in [2.75, 3.05) is 0 Å². The van der Waals surface area contributed by atoms with Crippen LogP contribution in [0.25, 0.3) is 0 Å². The third-order valence-corrected chi connectivity index (χ3v) is 4.06. The zero-order valence-corrected chi connectivity index (χ0v) is 11.8. The van der Waals surface area contributed by atoms with Gasteiger partial charge in [-0.3, -0.25) is 9.59 Å². The molecule has 0 spiro atoms. The monoisotopic (exact) mass is 325 g/mol. The summed E-state index contributed by atoms with van der Waals surface area (Å²) in [5, 5.41) is 17.1. The molecule has 1 aromatic carbocycles. The average Bonchev–Trinajstić information content (AvgIpc) is 2.73. The molecule has 1 aromatic heterocycles. The lowest BCUT2D eigenvalue weighted by Crippen LogP contribution is -2.20. The summed E-state index contributed by atoms with van der Waals surface area (Å²) in [6, 6.07) is 7.13. The molecule has 0 saturated heterocycles. The zero-order valence-electron chi connectivity index (χ0n) is 11.0. The molecule has 0 aliphatic carbocycles. The number of nitrogens with one attached hydrogen (secondary N) is 1. The standard InChI is InChI=1S/C7H5NO3S.C6H6O4/c9-7-5-3-1-2-4-6(5)12(10,11)8-7;7-2-4-1-5(8)6(9)3-10-4/h1-4H,(H,8,9);1,3,7,9H,2H2. The van der Waals surface area contributed by atoms with Gasteiger partial charge >= 0.3 is 0 Å². The fourth-order valence-corrected chi connectivity index (χ4v) is 2.82. The highest BCUT2D eigenvalue weighted by Gasteiger charge is 2.31. The number of aromatic hydroxyl groups is 1. The van der Waals surface area contributed by atoms with Crippen molar-refractivity contribution in [3.05, 3.63) is 58.1 Å². The van der Waals surface area contributed by atoms with Crippen LogP contribution in [0, 0.1) is 0 Å². The molecule has 9 heteroatoms. The highest BCUT2D eigenvalue weighted by molar-refractivity contribution is 7.90. The number of hydrogen-bond donors (Lipinski definition) is 3. The fraction of sp³-hybridized carbons (Fsp3) is 0.0769. The lowest BCUT2D eigenvalue weighted by atomic mass is 10.2. The van der Waals surface area contributed by atoms with Crippen molar-refractivity contribution < 1.29 is 27.8 Å². The van der Waals surface area contributed by atoms with Gasteiger partial charge < -0.3 is 14.6 Å². The lowest BCUT2D eigenvalue weighted by Gasteiger charge is -1.92. The van der Waals surface area contributed by atoms with Crippen LogP contribution >= 0.6 is 0 Å². The van der Waals surface area contributed by atoms with Crippen LogP contribution < -0.4 is 10.2 Å². The Bertz CT molecular complexity index is 870. The minimum atomic E-state index is -3.55. The summed E-state index contributed by atoms with van der Waals surface area (Å²) in [4.78, 5) is 21.6. The van der Waals surface area contributed by atoms with Gasteiger partial charge in [0.05, 0.1) is 5.56 Å². The topological polar surface area (TPSA) is 134 Å². The van der Waals surface area contributed by atoms with Gasteiger partial charge in [0.15, 0.2) is 5.75 Å².